The van der Waals surface area contributed by atoms with Crippen molar-refractivity contribution in [2.45, 2.75) is 0 Å². The van der Waals surface area contributed by atoms with Crippen molar-refractivity contribution in [2.75, 3.05) is 17.7 Å². The topological polar surface area (TPSA) is 70.6 Å². The third kappa shape index (κ3) is 3.72. The molecule has 0 atom stereocenters. The van der Waals surface area contributed by atoms with Crippen molar-refractivity contribution in [1.29, 1.82) is 0 Å². The highest BCUT2D eigenvalue weighted by Gasteiger charge is 2.12. The maximum Gasteiger partial charge on any atom is 0.323 e. The average Bonchev–Trinajstić information content (AvgIpc) is 2.64. The number of aromatic hydroxyl groups is 1. The molecule has 3 aromatic carbocycles. The minimum absolute atomic E-state index is 0.0175. The van der Waals surface area contributed by atoms with Gasteiger partial charge in [0.15, 0.2) is 0 Å². The molecule has 0 spiro atoms. The van der Waals surface area contributed by atoms with E-state index in [0.717, 1.165) is 5.56 Å². The zero-order valence-electron chi connectivity index (χ0n) is 13.7. The van der Waals surface area contributed by atoms with E-state index in [0.29, 0.717) is 22.7 Å². The van der Waals surface area contributed by atoms with E-state index < -0.39 is 6.03 Å². The third-order valence-electron chi connectivity index (χ3n) is 3.72. The number of benzene rings is 3. The molecule has 0 fully saturated rings. The van der Waals surface area contributed by atoms with Crippen LogP contribution in [0.4, 0.5) is 16.2 Å². The number of methoxy groups -OCH3 is 1. The van der Waals surface area contributed by atoms with Gasteiger partial charge in [0.25, 0.3) is 0 Å². The molecule has 0 aromatic heterocycles. The molecule has 0 aliphatic heterocycles. The van der Waals surface area contributed by atoms with Gasteiger partial charge in [-0.1, -0.05) is 54.6 Å². The lowest BCUT2D eigenvalue weighted by Gasteiger charge is -2.13. The third-order valence-corrected chi connectivity index (χ3v) is 3.72. The molecule has 0 unspecified atom stereocenters. The van der Waals surface area contributed by atoms with Crippen molar-refractivity contribution in [3.8, 4) is 22.6 Å². The molecular weight excluding hydrogens is 316 g/mol. The minimum atomic E-state index is -0.468. The molecule has 5 nitrogen and oxygen atoms in total. The first-order valence-electron chi connectivity index (χ1n) is 7.77. The van der Waals surface area contributed by atoms with Crippen LogP contribution >= 0.6 is 0 Å². The molecule has 0 aliphatic carbocycles. The van der Waals surface area contributed by atoms with Gasteiger partial charge in [-0.2, -0.15) is 0 Å². The van der Waals surface area contributed by atoms with Crippen LogP contribution in [0.1, 0.15) is 0 Å². The Balaban J connectivity index is 1.80. The molecule has 0 radical (unpaired) electrons. The van der Waals surface area contributed by atoms with Crippen molar-refractivity contribution in [3.63, 3.8) is 0 Å². The summed E-state index contributed by atoms with van der Waals surface area (Å²) in [6, 6.07) is 21.3. The predicted octanol–water partition coefficient (Wildman–Crippen LogP) is 4.71. The molecule has 3 rings (SSSR count). The molecule has 0 saturated heterocycles. The molecule has 3 N–H and O–H groups in total. The summed E-state index contributed by atoms with van der Waals surface area (Å²) in [5, 5.41) is 15.9. The Morgan fingerprint density at radius 2 is 1.48 bits per heavy atom. The van der Waals surface area contributed by atoms with E-state index in [-0.39, 0.29) is 5.75 Å². The van der Waals surface area contributed by atoms with Gasteiger partial charge < -0.3 is 20.5 Å². The lowest BCUT2D eigenvalue weighted by Crippen LogP contribution is -2.19. The molecule has 126 valence electrons. The normalized spacial score (nSPS) is 10.1. The highest BCUT2D eigenvalue weighted by Crippen LogP contribution is 2.35. The van der Waals surface area contributed by atoms with Crippen LogP contribution in [0.2, 0.25) is 0 Å². The molecule has 5 heteroatoms. The van der Waals surface area contributed by atoms with Crippen molar-refractivity contribution in [1.82, 2.24) is 0 Å². The smallest absolute Gasteiger partial charge is 0.323 e. The van der Waals surface area contributed by atoms with Crippen LogP contribution in [0.3, 0.4) is 0 Å². The van der Waals surface area contributed by atoms with Gasteiger partial charge in [-0.3, -0.25) is 0 Å². The second-order valence-electron chi connectivity index (χ2n) is 5.35. The van der Waals surface area contributed by atoms with Gasteiger partial charge in [-0.25, -0.2) is 4.79 Å². The van der Waals surface area contributed by atoms with Gasteiger partial charge in [0.05, 0.1) is 18.5 Å². The van der Waals surface area contributed by atoms with Crippen LogP contribution in [0.15, 0.2) is 72.8 Å². The number of carbonyl (C=O) groups is 1. The second-order valence-corrected chi connectivity index (χ2v) is 5.35. The fraction of sp³-hybridized carbons (Fsp3) is 0.0500. The maximum absolute atomic E-state index is 12.3. The van der Waals surface area contributed by atoms with Crippen LogP contribution in [-0.2, 0) is 0 Å². The summed E-state index contributed by atoms with van der Waals surface area (Å²) in [6.45, 7) is 0. The van der Waals surface area contributed by atoms with Crippen molar-refractivity contribution in [3.05, 3.63) is 72.8 Å². The Kier molecular flexibility index (Phi) is 4.85. The first-order chi connectivity index (χ1) is 12.2. The number of hydrogen-bond acceptors (Lipinski definition) is 3. The molecule has 0 bridgehead atoms. The number of phenols is 1. The number of anilines is 2. The SMILES string of the molecule is COc1ccccc1NC(=O)Nc1cccc(-c2ccccc2)c1O. The quantitative estimate of drug-likeness (QED) is 0.605. The van der Waals surface area contributed by atoms with E-state index in [9.17, 15) is 9.90 Å². The van der Waals surface area contributed by atoms with Gasteiger partial charge in [-0.15, -0.1) is 0 Å². The maximum atomic E-state index is 12.3. The van der Waals surface area contributed by atoms with Gasteiger partial charge in [-0.05, 0) is 23.8 Å². The second kappa shape index (κ2) is 7.40. The van der Waals surface area contributed by atoms with Gasteiger partial charge in [0.1, 0.15) is 11.5 Å². The molecule has 3 aromatic rings. The molecule has 25 heavy (non-hydrogen) atoms. The monoisotopic (exact) mass is 334 g/mol. The van der Waals surface area contributed by atoms with E-state index in [4.69, 9.17) is 4.74 Å². The van der Waals surface area contributed by atoms with E-state index in [1.165, 1.54) is 7.11 Å². The number of carbonyl (C=O) groups excluding carboxylic acids is 1. The summed E-state index contributed by atoms with van der Waals surface area (Å²) in [5.41, 5.74) is 2.39. The van der Waals surface area contributed by atoms with Crippen LogP contribution in [-0.4, -0.2) is 18.2 Å². The number of hydrogen-bond donors (Lipinski definition) is 3. The van der Waals surface area contributed by atoms with Gasteiger partial charge >= 0.3 is 6.03 Å². The van der Waals surface area contributed by atoms with E-state index >= 15 is 0 Å². The number of urea groups is 1. The van der Waals surface area contributed by atoms with Crippen LogP contribution in [0, 0.1) is 0 Å². The number of ether oxygens (including phenoxy) is 1. The average molecular weight is 334 g/mol. The summed E-state index contributed by atoms with van der Waals surface area (Å²) in [6.07, 6.45) is 0. The first-order valence-corrected chi connectivity index (χ1v) is 7.77. The Hall–Kier alpha value is -3.47. The van der Waals surface area contributed by atoms with Gasteiger partial charge in [0.2, 0.25) is 0 Å². The predicted molar refractivity (Wildman–Crippen MR) is 99.2 cm³/mol. The minimum Gasteiger partial charge on any atom is -0.505 e. The number of nitrogens with one attached hydrogen (secondary N) is 2. The molecule has 0 saturated carbocycles. The van der Waals surface area contributed by atoms with Gasteiger partial charge in [0, 0.05) is 5.56 Å². The molecular formula is C20H18N2O3. The standard InChI is InChI=1S/C20H18N2O3/c1-25-18-13-6-5-11-16(18)21-20(24)22-17-12-7-10-15(19(17)23)14-8-3-2-4-9-14/h2-13,23H,1H3,(H2,21,22,24). The Morgan fingerprint density at radius 1 is 0.840 bits per heavy atom. The molecule has 0 heterocycles. The van der Waals surface area contributed by atoms with Crippen LogP contribution in [0.25, 0.3) is 11.1 Å². The largest absolute Gasteiger partial charge is 0.505 e. The summed E-state index contributed by atoms with van der Waals surface area (Å²) < 4.78 is 5.21. The van der Waals surface area contributed by atoms with Crippen LogP contribution in [0.5, 0.6) is 11.5 Å². The summed E-state index contributed by atoms with van der Waals surface area (Å²) in [5.74, 6) is 0.573. The van der Waals surface area contributed by atoms with Crippen LogP contribution < -0.4 is 15.4 Å². The lowest BCUT2D eigenvalue weighted by molar-refractivity contribution is 0.262. The molecule has 0 aliphatic rings. The number of rotatable bonds is 4. The summed E-state index contributed by atoms with van der Waals surface area (Å²) in [4.78, 5) is 12.3. The first kappa shape index (κ1) is 16.4. The molecule has 2 amide bonds. The zero-order valence-corrected chi connectivity index (χ0v) is 13.7. The van der Waals surface area contributed by atoms with Crippen molar-refractivity contribution < 1.29 is 14.6 Å². The summed E-state index contributed by atoms with van der Waals surface area (Å²) >= 11 is 0. The van der Waals surface area contributed by atoms with Crippen molar-refractivity contribution >= 4 is 17.4 Å². The highest BCUT2D eigenvalue weighted by molar-refractivity contribution is 6.02. The van der Waals surface area contributed by atoms with E-state index in [1.54, 1.807) is 36.4 Å². The Labute approximate surface area is 145 Å². The van der Waals surface area contributed by atoms with E-state index in [1.807, 2.05) is 36.4 Å². The Morgan fingerprint density at radius 3 is 2.24 bits per heavy atom. The zero-order chi connectivity index (χ0) is 17.6. The van der Waals surface area contributed by atoms with Crippen molar-refractivity contribution in [2.24, 2.45) is 0 Å². The Bertz CT molecular complexity index is 879. The van der Waals surface area contributed by atoms with E-state index in [2.05, 4.69) is 10.6 Å². The fourth-order valence-corrected chi connectivity index (χ4v) is 2.52. The summed E-state index contributed by atoms with van der Waals surface area (Å²) in [7, 11) is 1.54. The number of phenolic OH excluding ortho intramolecular Hbond substituents is 1. The number of para-hydroxylation sites is 3. The highest BCUT2D eigenvalue weighted by atomic mass is 16.5. The fourth-order valence-electron chi connectivity index (χ4n) is 2.52. The number of amides is 2. The lowest BCUT2D eigenvalue weighted by atomic mass is 10.0.